The van der Waals surface area contributed by atoms with Gasteiger partial charge >= 0.3 is 336 Å². The molecule has 0 radical (unpaired) electrons. The number of alkyl halides is 6. The molecule has 0 saturated carbocycles. The van der Waals surface area contributed by atoms with Gasteiger partial charge in [-0.1, -0.05) is 0 Å². The van der Waals surface area contributed by atoms with Crippen LogP contribution < -0.4 is 24.8 Å². The van der Waals surface area contributed by atoms with Crippen LogP contribution in [0.25, 0.3) is 16.7 Å². The van der Waals surface area contributed by atoms with E-state index < -0.39 is 44.7 Å². The van der Waals surface area contributed by atoms with Crippen LogP contribution in [0, 0.1) is 5.92 Å². The molecule has 0 heterocycles. The largest absolute Gasteiger partial charge is 1.00 e. The summed E-state index contributed by atoms with van der Waals surface area (Å²) >= 11 is -3.85. The Morgan fingerprint density at radius 3 is 1.40 bits per heavy atom. The number of allylic oxidation sites excluding steroid dienone is 4. The Kier molecular flexibility index (Phi) is 13.0. The van der Waals surface area contributed by atoms with E-state index in [0.29, 0.717) is 14.3 Å². The first-order valence-corrected chi connectivity index (χ1v) is 22.9. The summed E-state index contributed by atoms with van der Waals surface area (Å²) in [4.78, 5) is 0. The predicted molar refractivity (Wildman–Crippen MR) is 214 cm³/mol. The van der Waals surface area contributed by atoms with Crippen LogP contribution in [0.2, 0.25) is 0 Å². The van der Waals surface area contributed by atoms with Crippen LogP contribution in [-0.4, -0.2) is 3.21 Å². The minimum atomic E-state index is -4.64. The van der Waals surface area contributed by atoms with Gasteiger partial charge in [-0.25, -0.2) is 0 Å². The van der Waals surface area contributed by atoms with E-state index in [1.807, 2.05) is 18.2 Å². The first-order chi connectivity index (χ1) is 26.1. The number of benzene rings is 5. The van der Waals surface area contributed by atoms with E-state index in [1.54, 1.807) is 12.1 Å². The molecule has 2 aliphatic carbocycles. The smallest absolute Gasteiger partial charge is 1.00 e. The molecule has 0 spiro atoms. The Morgan fingerprint density at radius 1 is 0.534 bits per heavy atom. The van der Waals surface area contributed by atoms with Crippen LogP contribution in [0.3, 0.4) is 0 Å². The zero-order chi connectivity index (χ0) is 40.5. The maximum absolute atomic E-state index is 14.5. The van der Waals surface area contributed by atoms with Crippen molar-refractivity contribution >= 4 is 8.78 Å². The maximum atomic E-state index is 14.5. The van der Waals surface area contributed by atoms with Crippen LogP contribution >= 0.6 is 0 Å². The van der Waals surface area contributed by atoms with Crippen LogP contribution in [0.5, 0.6) is 0 Å². The fourth-order valence-corrected chi connectivity index (χ4v) is 18.4. The van der Waals surface area contributed by atoms with Gasteiger partial charge in [-0.05, 0) is 0 Å². The van der Waals surface area contributed by atoms with E-state index in [4.69, 9.17) is 0 Å². The Balaban J connectivity index is 0.00000320. The van der Waals surface area contributed by atoms with Crippen molar-refractivity contribution in [1.82, 2.24) is 0 Å². The SMILES string of the molecule is CC1=[C]([Zr+2](=[C](c2cccc(C(F)(F)F)c2)c2cccc(C(F)(F)F)c2)[CH]2c3ccc(C(C)(C)C)cc3-c3cc(C(C)(C)C)ccc32)C(C)C=C1c1ccccc1.[Cl-].[Cl-]. The Bertz CT molecular complexity index is 2320. The molecule has 2 aliphatic rings. The molecule has 5 aromatic rings. The van der Waals surface area contributed by atoms with E-state index in [0.717, 1.165) is 74.4 Å². The van der Waals surface area contributed by atoms with Crippen molar-refractivity contribution in [2.45, 2.75) is 82.2 Å². The third-order valence-electron chi connectivity index (χ3n) is 11.3. The van der Waals surface area contributed by atoms with Gasteiger partial charge in [-0.15, -0.1) is 0 Å². The molecule has 58 heavy (non-hydrogen) atoms. The Labute approximate surface area is 358 Å². The van der Waals surface area contributed by atoms with Crippen LogP contribution in [0.15, 0.2) is 130 Å². The van der Waals surface area contributed by atoms with Crippen molar-refractivity contribution in [3.05, 3.63) is 180 Å². The number of hydrogen-bond acceptors (Lipinski definition) is 0. The maximum Gasteiger partial charge on any atom is -1.00 e. The van der Waals surface area contributed by atoms with Gasteiger partial charge < -0.3 is 24.8 Å². The third kappa shape index (κ3) is 8.70. The first-order valence-electron chi connectivity index (χ1n) is 19.0. The summed E-state index contributed by atoms with van der Waals surface area (Å²) in [7, 11) is 0. The topological polar surface area (TPSA) is 0 Å². The van der Waals surface area contributed by atoms with Gasteiger partial charge in [-0.2, -0.15) is 0 Å². The second-order valence-corrected chi connectivity index (χ2v) is 23.3. The summed E-state index contributed by atoms with van der Waals surface area (Å²) in [6.45, 7) is 17.3. The molecule has 0 N–H and O–H groups in total. The fraction of sp³-hybridized carbons (Fsp3) is 0.286. The second kappa shape index (κ2) is 16.5. The van der Waals surface area contributed by atoms with Crippen LogP contribution in [0.4, 0.5) is 26.3 Å². The summed E-state index contributed by atoms with van der Waals surface area (Å²) in [5, 5.41) is 0. The molecule has 9 heteroatoms. The van der Waals surface area contributed by atoms with E-state index in [9.17, 15) is 26.3 Å². The molecule has 0 nitrogen and oxygen atoms in total. The van der Waals surface area contributed by atoms with Crippen molar-refractivity contribution in [3.8, 4) is 11.1 Å². The zero-order valence-corrected chi connectivity index (χ0v) is 37.7. The Morgan fingerprint density at radius 2 is 0.983 bits per heavy atom. The fourth-order valence-electron chi connectivity index (χ4n) is 8.43. The van der Waals surface area contributed by atoms with Crippen molar-refractivity contribution in [2.24, 2.45) is 5.92 Å². The summed E-state index contributed by atoms with van der Waals surface area (Å²) in [5.41, 5.74) is 8.51. The van der Waals surface area contributed by atoms with E-state index in [-0.39, 0.29) is 45.2 Å². The van der Waals surface area contributed by atoms with Crippen LogP contribution in [-0.2, 0) is 44.4 Å². The van der Waals surface area contributed by atoms with Crippen molar-refractivity contribution < 1.29 is 72.4 Å². The quantitative estimate of drug-likeness (QED) is 0.156. The average Bonchev–Trinajstić information content (AvgIpc) is 3.61. The van der Waals surface area contributed by atoms with Gasteiger partial charge in [0.1, 0.15) is 0 Å². The van der Waals surface area contributed by atoms with Crippen molar-refractivity contribution in [3.63, 3.8) is 0 Å². The summed E-state index contributed by atoms with van der Waals surface area (Å²) < 4.78 is 88.7. The van der Waals surface area contributed by atoms with Gasteiger partial charge in [-0.3, -0.25) is 0 Å². The normalized spacial score (nSPS) is 15.5. The van der Waals surface area contributed by atoms with Gasteiger partial charge in [0.15, 0.2) is 0 Å². The molecule has 1 atom stereocenters. The minimum absolute atomic E-state index is 0. The molecule has 0 aliphatic heterocycles. The summed E-state index contributed by atoms with van der Waals surface area (Å²) in [5.74, 6) is -0.0959. The van der Waals surface area contributed by atoms with Gasteiger partial charge in [0, 0.05) is 0 Å². The van der Waals surface area contributed by atoms with Gasteiger partial charge in [0.25, 0.3) is 0 Å². The molecule has 0 saturated heterocycles. The molecule has 0 aromatic heterocycles. The average molecular weight is 911 g/mol. The number of rotatable bonds is 5. The molecule has 7 rings (SSSR count). The van der Waals surface area contributed by atoms with Gasteiger partial charge in [0.2, 0.25) is 0 Å². The van der Waals surface area contributed by atoms with Crippen molar-refractivity contribution in [1.29, 1.82) is 0 Å². The number of hydrogen-bond donors (Lipinski definition) is 0. The molecule has 5 aromatic carbocycles. The number of halogens is 8. The molecule has 1 unspecified atom stereocenters. The van der Waals surface area contributed by atoms with E-state index >= 15 is 0 Å². The number of fused-ring (bicyclic) bond motifs is 3. The monoisotopic (exact) mass is 908 g/mol. The van der Waals surface area contributed by atoms with E-state index in [1.165, 1.54) is 15.4 Å². The van der Waals surface area contributed by atoms with Gasteiger partial charge in [0.05, 0.1) is 0 Å². The van der Waals surface area contributed by atoms with Crippen LogP contribution in [0.1, 0.15) is 109 Å². The zero-order valence-electron chi connectivity index (χ0n) is 33.7. The molecule has 0 fully saturated rings. The standard InChI is InChI=1S/C21H25.C15H8F6.C13H13.2ClH.Zr/c1-20(2,3)16-9-7-14-11-15-8-10-17(21(4,5)6)13-19(15)18(14)12-16;16-14(17,18)12-5-1-3-10(8-12)7-11-4-2-6-13(9-11)15(19,20)21;1-10-8-11(2)13(9-10)12-6-4-3-5-7-12;;;/h7-13H,1-6H3;1-6,8-9H;3-7,9-10H,1-2H3;2*1H;/q;;;;;+2/p-2. The van der Waals surface area contributed by atoms with Crippen molar-refractivity contribution in [2.75, 3.05) is 0 Å². The Hall–Kier alpha value is -3.51. The summed E-state index contributed by atoms with van der Waals surface area (Å²) in [6, 6.07) is 33.7. The minimum Gasteiger partial charge on any atom is -1.00 e. The predicted octanol–water partition coefficient (Wildman–Crippen LogP) is 8.29. The molecule has 0 amide bonds. The molecule has 0 bridgehead atoms. The third-order valence-corrected chi connectivity index (χ3v) is 20.5. The molecular formula is C49H46Cl2F6Zr. The summed E-state index contributed by atoms with van der Waals surface area (Å²) in [6.07, 6.45) is -7.05. The molecular weight excluding hydrogens is 865 g/mol. The first kappa shape index (κ1) is 45.6. The molecule has 302 valence electrons. The second-order valence-electron chi connectivity index (χ2n) is 17.3. The van der Waals surface area contributed by atoms with E-state index in [2.05, 4.69) is 110 Å².